The van der Waals surface area contributed by atoms with Crippen molar-refractivity contribution in [1.29, 1.82) is 5.26 Å². The van der Waals surface area contributed by atoms with Gasteiger partial charge < -0.3 is 5.32 Å². The van der Waals surface area contributed by atoms with Gasteiger partial charge >= 0.3 is 0 Å². The van der Waals surface area contributed by atoms with Crippen LogP contribution in [0.25, 0.3) is 10.9 Å². The lowest BCUT2D eigenvalue weighted by molar-refractivity contribution is -0.113. The molecule has 1 N–H and O–H groups in total. The second-order valence-electron chi connectivity index (χ2n) is 7.18. The van der Waals surface area contributed by atoms with Crippen LogP contribution in [0.4, 0.5) is 5.00 Å². The van der Waals surface area contributed by atoms with Gasteiger partial charge in [0.15, 0.2) is 5.16 Å². The first-order valence-corrected chi connectivity index (χ1v) is 11.9. The zero-order valence-corrected chi connectivity index (χ0v) is 18.4. The number of thiophene rings is 1. The standard InChI is InChI=1S/C22H22N4O2S2/c1-2-26-21(28)15-9-6-7-10-17(15)24-22(26)29-13-19(27)25-20-16(12-23)14-8-4-3-5-11-18(14)30-20/h6-7,9-10H,2-5,8,11,13H2,1H3,(H,25,27). The number of anilines is 1. The van der Waals surface area contributed by atoms with Crippen molar-refractivity contribution >= 4 is 44.9 Å². The molecule has 0 bridgehead atoms. The van der Waals surface area contributed by atoms with Crippen molar-refractivity contribution < 1.29 is 4.79 Å². The third-order valence-electron chi connectivity index (χ3n) is 5.26. The first kappa shape index (κ1) is 20.6. The maximum atomic E-state index is 12.7. The van der Waals surface area contributed by atoms with E-state index in [0.29, 0.717) is 33.2 Å². The van der Waals surface area contributed by atoms with Gasteiger partial charge in [0.05, 0.1) is 22.2 Å². The predicted octanol–water partition coefficient (Wildman–Crippen LogP) is 4.35. The minimum Gasteiger partial charge on any atom is -0.316 e. The summed E-state index contributed by atoms with van der Waals surface area (Å²) in [6.07, 6.45) is 5.28. The number of amides is 1. The van der Waals surface area contributed by atoms with Crippen molar-refractivity contribution in [2.75, 3.05) is 11.1 Å². The van der Waals surface area contributed by atoms with E-state index in [2.05, 4.69) is 16.4 Å². The lowest BCUT2D eigenvalue weighted by Gasteiger charge is -2.11. The van der Waals surface area contributed by atoms with Gasteiger partial charge in [-0.2, -0.15) is 5.26 Å². The van der Waals surface area contributed by atoms with Crippen LogP contribution >= 0.6 is 23.1 Å². The van der Waals surface area contributed by atoms with Crippen LogP contribution in [0.5, 0.6) is 0 Å². The third-order valence-corrected chi connectivity index (χ3v) is 7.44. The van der Waals surface area contributed by atoms with Gasteiger partial charge in [0.1, 0.15) is 11.1 Å². The number of aryl methyl sites for hydroxylation is 1. The second kappa shape index (κ2) is 9.02. The first-order chi connectivity index (χ1) is 14.6. The van der Waals surface area contributed by atoms with Crippen LogP contribution in [0.2, 0.25) is 0 Å². The van der Waals surface area contributed by atoms with Gasteiger partial charge in [-0.25, -0.2) is 4.98 Å². The van der Waals surface area contributed by atoms with Crippen LogP contribution in [0.1, 0.15) is 42.2 Å². The van der Waals surface area contributed by atoms with Crippen LogP contribution in [0.15, 0.2) is 34.2 Å². The maximum Gasteiger partial charge on any atom is 0.262 e. The van der Waals surface area contributed by atoms with E-state index in [-0.39, 0.29) is 17.2 Å². The topological polar surface area (TPSA) is 87.8 Å². The van der Waals surface area contributed by atoms with Crippen molar-refractivity contribution in [3.63, 3.8) is 0 Å². The highest BCUT2D eigenvalue weighted by Gasteiger charge is 2.21. The Bertz CT molecular complexity index is 1210. The summed E-state index contributed by atoms with van der Waals surface area (Å²) in [7, 11) is 0. The first-order valence-electron chi connectivity index (χ1n) is 10.1. The molecular weight excluding hydrogens is 416 g/mol. The van der Waals surface area contributed by atoms with Gasteiger partial charge in [-0.3, -0.25) is 14.2 Å². The molecule has 1 aliphatic carbocycles. The summed E-state index contributed by atoms with van der Waals surface area (Å²) in [5.74, 6) is -0.0731. The fraction of sp³-hybridized carbons (Fsp3) is 0.364. The third kappa shape index (κ3) is 4.00. The van der Waals surface area contributed by atoms with E-state index in [1.54, 1.807) is 16.7 Å². The smallest absolute Gasteiger partial charge is 0.262 e. The van der Waals surface area contributed by atoms with Crippen LogP contribution in [-0.2, 0) is 24.2 Å². The number of hydrogen-bond acceptors (Lipinski definition) is 6. The molecule has 30 heavy (non-hydrogen) atoms. The molecule has 0 saturated carbocycles. The zero-order valence-electron chi connectivity index (χ0n) is 16.7. The molecule has 0 atom stereocenters. The molecule has 0 spiro atoms. The number of fused-ring (bicyclic) bond motifs is 2. The molecule has 0 unspecified atom stereocenters. The van der Waals surface area contributed by atoms with Gasteiger partial charge in [0.2, 0.25) is 5.91 Å². The summed E-state index contributed by atoms with van der Waals surface area (Å²) in [6, 6.07) is 9.52. The molecule has 0 saturated heterocycles. The number of rotatable bonds is 5. The van der Waals surface area contributed by atoms with E-state index >= 15 is 0 Å². The predicted molar refractivity (Wildman–Crippen MR) is 121 cm³/mol. The molecule has 0 aliphatic heterocycles. The van der Waals surface area contributed by atoms with Crippen LogP contribution in [0.3, 0.4) is 0 Å². The van der Waals surface area contributed by atoms with Crippen molar-refractivity contribution in [3.8, 4) is 6.07 Å². The van der Waals surface area contributed by atoms with Gasteiger partial charge in [-0.1, -0.05) is 30.3 Å². The number of thioether (sulfide) groups is 1. The summed E-state index contributed by atoms with van der Waals surface area (Å²) >= 11 is 2.77. The molecule has 8 heteroatoms. The molecule has 6 nitrogen and oxygen atoms in total. The maximum absolute atomic E-state index is 12.7. The Morgan fingerprint density at radius 2 is 2.10 bits per heavy atom. The highest BCUT2D eigenvalue weighted by molar-refractivity contribution is 7.99. The molecule has 1 amide bonds. The Balaban J connectivity index is 1.52. The fourth-order valence-corrected chi connectivity index (χ4v) is 5.90. The number of hydrogen-bond donors (Lipinski definition) is 1. The molecule has 1 aliphatic rings. The minimum atomic E-state index is -0.196. The Labute approximate surface area is 182 Å². The largest absolute Gasteiger partial charge is 0.316 e. The monoisotopic (exact) mass is 438 g/mol. The minimum absolute atomic E-state index is 0.0974. The SMILES string of the molecule is CCn1c(SCC(=O)Nc2sc3c(c2C#N)CCCCC3)nc2ccccc2c1=O. The highest BCUT2D eigenvalue weighted by atomic mass is 32.2. The number of nitriles is 1. The molecule has 2 heterocycles. The summed E-state index contributed by atoms with van der Waals surface area (Å²) in [5.41, 5.74) is 2.26. The van der Waals surface area contributed by atoms with Crippen molar-refractivity contribution in [2.24, 2.45) is 0 Å². The van der Waals surface area contributed by atoms with Gasteiger partial charge in [-0.05, 0) is 50.3 Å². The average molecular weight is 439 g/mol. The van der Waals surface area contributed by atoms with E-state index in [1.807, 2.05) is 19.1 Å². The van der Waals surface area contributed by atoms with Crippen LogP contribution in [0, 0.1) is 11.3 Å². The molecule has 154 valence electrons. The van der Waals surface area contributed by atoms with E-state index in [1.165, 1.54) is 34.4 Å². The van der Waals surface area contributed by atoms with Gasteiger partial charge in [0.25, 0.3) is 5.56 Å². The van der Waals surface area contributed by atoms with Crippen LogP contribution in [-0.4, -0.2) is 21.2 Å². The number of aromatic nitrogens is 2. The second-order valence-corrected chi connectivity index (χ2v) is 9.23. The molecule has 0 fully saturated rings. The van der Waals surface area contributed by atoms with Crippen molar-refractivity contribution in [2.45, 2.75) is 50.7 Å². The van der Waals surface area contributed by atoms with E-state index in [4.69, 9.17) is 0 Å². The number of carbonyl (C=O) groups excluding carboxylic acids is 1. The summed E-state index contributed by atoms with van der Waals surface area (Å²) in [5, 5.41) is 14.3. The quantitative estimate of drug-likeness (QED) is 0.363. The Morgan fingerprint density at radius 3 is 2.90 bits per heavy atom. The van der Waals surface area contributed by atoms with E-state index in [9.17, 15) is 14.9 Å². The van der Waals surface area contributed by atoms with Gasteiger partial charge in [0, 0.05) is 11.4 Å². The average Bonchev–Trinajstić information content (AvgIpc) is 2.91. The van der Waals surface area contributed by atoms with Crippen molar-refractivity contribution in [1.82, 2.24) is 9.55 Å². The number of carbonyl (C=O) groups is 1. The van der Waals surface area contributed by atoms with Crippen LogP contribution < -0.4 is 10.9 Å². The fourth-order valence-electron chi connectivity index (χ4n) is 3.78. The van der Waals surface area contributed by atoms with Gasteiger partial charge in [-0.15, -0.1) is 11.3 Å². The number of benzene rings is 1. The normalized spacial score (nSPS) is 13.5. The number of para-hydroxylation sites is 1. The lowest BCUT2D eigenvalue weighted by atomic mass is 10.1. The van der Waals surface area contributed by atoms with E-state index < -0.39 is 0 Å². The summed E-state index contributed by atoms with van der Waals surface area (Å²) in [4.78, 5) is 31.2. The molecule has 1 aromatic carbocycles. The number of nitrogens with one attached hydrogen (secondary N) is 1. The summed E-state index contributed by atoms with van der Waals surface area (Å²) < 4.78 is 1.59. The lowest BCUT2D eigenvalue weighted by Crippen LogP contribution is -2.23. The Morgan fingerprint density at radius 1 is 1.30 bits per heavy atom. The molecular formula is C22H22N4O2S2. The van der Waals surface area contributed by atoms with Crippen molar-refractivity contribution in [3.05, 3.63) is 50.6 Å². The Kier molecular flexibility index (Phi) is 6.21. The highest BCUT2D eigenvalue weighted by Crippen LogP contribution is 2.37. The molecule has 2 aromatic heterocycles. The zero-order chi connectivity index (χ0) is 21.1. The molecule has 0 radical (unpaired) electrons. The Hall–Kier alpha value is -2.63. The molecule has 4 rings (SSSR count). The van der Waals surface area contributed by atoms with E-state index in [0.717, 1.165) is 31.2 Å². The number of nitrogens with zero attached hydrogens (tertiary/aromatic N) is 3. The molecule has 3 aromatic rings. The summed E-state index contributed by atoms with van der Waals surface area (Å²) in [6.45, 7) is 2.37.